The van der Waals surface area contributed by atoms with Gasteiger partial charge in [0.25, 0.3) is 5.91 Å². The van der Waals surface area contributed by atoms with Gasteiger partial charge in [0.1, 0.15) is 18.1 Å². The molecule has 3 aromatic rings. The molecule has 0 radical (unpaired) electrons. The van der Waals surface area contributed by atoms with Crippen molar-refractivity contribution in [2.24, 2.45) is 0 Å². The fourth-order valence-electron chi connectivity index (χ4n) is 2.79. The van der Waals surface area contributed by atoms with E-state index in [9.17, 15) is 4.79 Å². The number of ether oxygens (including phenoxy) is 1. The molecule has 0 bridgehead atoms. The van der Waals surface area contributed by atoms with Gasteiger partial charge in [-0.25, -0.2) is 0 Å². The Bertz CT molecular complexity index is 947. The first-order valence-corrected chi connectivity index (χ1v) is 9.73. The van der Waals surface area contributed by atoms with Crippen LogP contribution in [0.3, 0.4) is 0 Å². The fourth-order valence-corrected chi connectivity index (χ4v) is 2.96. The fraction of sp³-hybridized carbons (Fsp3) is 0.261. The van der Waals surface area contributed by atoms with E-state index in [0.717, 1.165) is 17.7 Å². The van der Waals surface area contributed by atoms with E-state index in [0.29, 0.717) is 22.4 Å². The lowest BCUT2D eigenvalue weighted by atomic mass is 9.99. The van der Waals surface area contributed by atoms with Crippen LogP contribution in [0.15, 0.2) is 59.0 Å². The first-order chi connectivity index (χ1) is 13.5. The van der Waals surface area contributed by atoms with Gasteiger partial charge in [-0.3, -0.25) is 4.79 Å². The summed E-state index contributed by atoms with van der Waals surface area (Å²) in [4.78, 5) is 12.4. The molecule has 0 fully saturated rings. The second-order valence-corrected chi connectivity index (χ2v) is 7.21. The number of carbonyl (C=O) groups is 1. The number of furan rings is 1. The monoisotopic (exact) mass is 397 g/mol. The molecule has 0 aliphatic rings. The number of hydrogen-bond donors (Lipinski definition) is 1. The summed E-state index contributed by atoms with van der Waals surface area (Å²) in [5, 5.41) is 3.42. The second-order valence-electron chi connectivity index (χ2n) is 6.80. The van der Waals surface area contributed by atoms with E-state index in [1.807, 2.05) is 19.1 Å². The molecule has 4 nitrogen and oxygen atoms in total. The number of benzene rings is 2. The number of rotatable bonds is 7. The van der Waals surface area contributed by atoms with Gasteiger partial charge >= 0.3 is 0 Å². The Balaban J connectivity index is 1.59. The normalized spacial score (nSPS) is 11.9. The molecule has 1 N–H and O–H groups in total. The molecule has 28 heavy (non-hydrogen) atoms. The number of amides is 1. The first-order valence-electron chi connectivity index (χ1n) is 9.36. The maximum atomic E-state index is 12.4. The number of hydrogen-bond acceptors (Lipinski definition) is 3. The Hall–Kier alpha value is -2.72. The van der Waals surface area contributed by atoms with Crippen molar-refractivity contribution in [2.75, 3.05) is 5.32 Å². The highest BCUT2D eigenvalue weighted by Crippen LogP contribution is 2.24. The minimum atomic E-state index is -0.325. The van der Waals surface area contributed by atoms with Gasteiger partial charge in [0.15, 0.2) is 5.76 Å². The number of nitrogens with one attached hydrogen (secondary N) is 1. The Morgan fingerprint density at radius 2 is 1.89 bits per heavy atom. The SMILES string of the molecule is CCC(C)c1ccc(OCc2ccc(C(=O)Nc3cccc(Cl)c3C)o2)cc1. The largest absolute Gasteiger partial charge is 0.486 e. The molecule has 0 aliphatic carbocycles. The van der Waals surface area contributed by atoms with Crippen molar-refractivity contribution < 1.29 is 13.9 Å². The average Bonchev–Trinajstić information content (AvgIpc) is 3.19. The molecule has 3 rings (SSSR count). The summed E-state index contributed by atoms with van der Waals surface area (Å²) in [5.41, 5.74) is 2.77. The van der Waals surface area contributed by atoms with Crippen LogP contribution >= 0.6 is 11.6 Å². The molecule has 1 aromatic heterocycles. The molecule has 0 saturated heterocycles. The van der Waals surface area contributed by atoms with Gasteiger partial charge in [0.05, 0.1) is 0 Å². The molecule has 0 spiro atoms. The van der Waals surface area contributed by atoms with Crippen molar-refractivity contribution in [1.82, 2.24) is 0 Å². The van der Waals surface area contributed by atoms with Gasteiger partial charge in [-0.15, -0.1) is 0 Å². The first kappa shape index (κ1) is 20.0. The number of anilines is 1. The van der Waals surface area contributed by atoms with E-state index in [-0.39, 0.29) is 18.3 Å². The maximum Gasteiger partial charge on any atom is 0.291 e. The molecule has 1 unspecified atom stereocenters. The van der Waals surface area contributed by atoms with Crippen LogP contribution in [0.2, 0.25) is 5.02 Å². The Morgan fingerprint density at radius 3 is 2.61 bits per heavy atom. The lowest BCUT2D eigenvalue weighted by Gasteiger charge is -2.10. The van der Waals surface area contributed by atoms with Gasteiger partial charge < -0.3 is 14.5 Å². The Kier molecular flexibility index (Phi) is 6.42. The van der Waals surface area contributed by atoms with Crippen molar-refractivity contribution in [2.45, 2.75) is 39.7 Å². The molecule has 1 heterocycles. The van der Waals surface area contributed by atoms with Gasteiger partial charge in [-0.2, -0.15) is 0 Å². The minimum absolute atomic E-state index is 0.227. The van der Waals surface area contributed by atoms with E-state index in [4.69, 9.17) is 20.8 Å². The van der Waals surface area contributed by atoms with Gasteiger partial charge in [0.2, 0.25) is 0 Å². The average molecular weight is 398 g/mol. The Morgan fingerprint density at radius 1 is 1.14 bits per heavy atom. The molecule has 0 saturated carbocycles. The third-order valence-electron chi connectivity index (χ3n) is 4.84. The zero-order valence-corrected chi connectivity index (χ0v) is 17.0. The molecule has 1 atom stereocenters. The molecule has 1 amide bonds. The van der Waals surface area contributed by atoms with Crippen LogP contribution in [0, 0.1) is 6.92 Å². The summed E-state index contributed by atoms with van der Waals surface area (Å²) >= 11 is 6.09. The quantitative estimate of drug-likeness (QED) is 0.489. The summed E-state index contributed by atoms with van der Waals surface area (Å²) in [7, 11) is 0. The van der Waals surface area contributed by atoms with E-state index >= 15 is 0 Å². The molecule has 5 heteroatoms. The van der Waals surface area contributed by atoms with E-state index in [1.54, 1.807) is 30.3 Å². The maximum absolute atomic E-state index is 12.4. The topological polar surface area (TPSA) is 51.5 Å². The molecular weight excluding hydrogens is 374 g/mol. The number of halogens is 1. The third-order valence-corrected chi connectivity index (χ3v) is 5.25. The lowest BCUT2D eigenvalue weighted by Crippen LogP contribution is -2.12. The van der Waals surface area contributed by atoms with Crippen molar-refractivity contribution in [3.63, 3.8) is 0 Å². The molecular formula is C23H24ClNO3. The molecule has 0 aliphatic heterocycles. The van der Waals surface area contributed by atoms with Crippen molar-refractivity contribution in [3.05, 3.63) is 82.3 Å². The summed E-state index contributed by atoms with van der Waals surface area (Å²) in [5.74, 6) is 1.78. The van der Waals surface area contributed by atoms with E-state index in [2.05, 4.69) is 31.3 Å². The van der Waals surface area contributed by atoms with Gasteiger partial charge in [0, 0.05) is 10.7 Å². The zero-order valence-electron chi connectivity index (χ0n) is 16.3. The smallest absolute Gasteiger partial charge is 0.291 e. The summed E-state index contributed by atoms with van der Waals surface area (Å²) < 4.78 is 11.4. The highest BCUT2D eigenvalue weighted by Gasteiger charge is 2.14. The van der Waals surface area contributed by atoms with Gasteiger partial charge in [-0.1, -0.05) is 43.6 Å². The number of carbonyl (C=O) groups excluding carboxylic acids is 1. The highest BCUT2D eigenvalue weighted by molar-refractivity contribution is 6.31. The van der Waals surface area contributed by atoms with Crippen LogP contribution < -0.4 is 10.1 Å². The minimum Gasteiger partial charge on any atom is -0.486 e. The van der Waals surface area contributed by atoms with Crippen LogP contribution in [0.5, 0.6) is 5.75 Å². The molecule has 146 valence electrons. The van der Waals surface area contributed by atoms with E-state index < -0.39 is 0 Å². The van der Waals surface area contributed by atoms with Crippen LogP contribution in [0.4, 0.5) is 5.69 Å². The van der Waals surface area contributed by atoms with Crippen LogP contribution in [-0.2, 0) is 6.61 Å². The lowest BCUT2D eigenvalue weighted by molar-refractivity contribution is 0.0992. The standard InChI is InChI=1S/C23H24ClNO3/c1-4-15(2)17-8-10-18(11-9-17)27-14-19-12-13-22(28-19)23(26)25-21-7-5-6-20(24)16(21)3/h5-13,15H,4,14H2,1-3H3,(H,25,26). The van der Waals surface area contributed by atoms with Crippen LogP contribution in [0.1, 0.15) is 53.6 Å². The van der Waals surface area contributed by atoms with Crippen molar-refractivity contribution in [1.29, 1.82) is 0 Å². The van der Waals surface area contributed by atoms with E-state index in [1.165, 1.54) is 5.56 Å². The van der Waals surface area contributed by atoms with Crippen LogP contribution in [0.25, 0.3) is 0 Å². The predicted octanol–water partition coefficient (Wildman–Crippen LogP) is 6.59. The predicted molar refractivity (Wildman–Crippen MR) is 112 cm³/mol. The van der Waals surface area contributed by atoms with Crippen molar-refractivity contribution in [3.8, 4) is 5.75 Å². The second kappa shape index (κ2) is 8.98. The summed E-state index contributed by atoms with van der Waals surface area (Å²) in [6, 6.07) is 16.8. The Labute approximate surface area is 170 Å². The highest BCUT2D eigenvalue weighted by atomic mass is 35.5. The zero-order chi connectivity index (χ0) is 20.1. The molecule has 2 aromatic carbocycles. The van der Waals surface area contributed by atoms with Gasteiger partial charge in [-0.05, 0) is 66.8 Å². The van der Waals surface area contributed by atoms with Crippen LogP contribution in [-0.4, -0.2) is 5.91 Å². The summed E-state index contributed by atoms with van der Waals surface area (Å²) in [6.07, 6.45) is 1.10. The van der Waals surface area contributed by atoms with Crippen molar-refractivity contribution >= 4 is 23.2 Å². The summed E-state index contributed by atoms with van der Waals surface area (Å²) in [6.45, 7) is 6.49. The third kappa shape index (κ3) is 4.76.